The van der Waals surface area contributed by atoms with Crippen molar-refractivity contribution in [3.05, 3.63) is 29.6 Å². The summed E-state index contributed by atoms with van der Waals surface area (Å²) in [5.74, 6) is -0.0769. The van der Waals surface area contributed by atoms with Gasteiger partial charge in [-0.2, -0.15) is 0 Å². The molecule has 1 aliphatic rings. The second-order valence-electron chi connectivity index (χ2n) is 5.26. The van der Waals surface area contributed by atoms with Gasteiger partial charge in [0.05, 0.1) is 0 Å². The molecule has 0 aromatic carbocycles. The van der Waals surface area contributed by atoms with Crippen LogP contribution in [0.5, 0.6) is 0 Å². The Bertz CT molecular complexity index is 502. The molecule has 0 bridgehead atoms. The first kappa shape index (κ1) is 14.3. The topological polar surface area (TPSA) is 91.8 Å². The number of aromatic nitrogens is 1. The summed E-state index contributed by atoms with van der Waals surface area (Å²) >= 11 is 0. The Labute approximate surface area is 118 Å². The summed E-state index contributed by atoms with van der Waals surface area (Å²) < 4.78 is 0. The quantitative estimate of drug-likeness (QED) is 0.371. The third-order valence-electron chi connectivity index (χ3n) is 3.81. The number of piperidine rings is 1. The summed E-state index contributed by atoms with van der Waals surface area (Å²) in [7, 11) is 0. The average Bonchev–Trinajstić information content (AvgIpc) is 2.46. The highest BCUT2D eigenvalue weighted by Gasteiger charge is 2.30. The molecular weight excluding hydrogens is 256 g/mol. The van der Waals surface area contributed by atoms with Gasteiger partial charge in [0.15, 0.2) is 5.84 Å². The lowest BCUT2D eigenvalue weighted by atomic mass is 9.97. The Morgan fingerprint density at radius 1 is 1.40 bits per heavy atom. The molecule has 1 aromatic heterocycles. The zero-order chi connectivity index (χ0) is 14.7. The molecule has 0 radical (unpaired) electrons. The summed E-state index contributed by atoms with van der Waals surface area (Å²) in [6.07, 6.45) is 4.65. The minimum atomic E-state index is -0.0595. The first-order valence-electron chi connectivity index (χ1n) is 6.81. The van der Waals surface area contributed by atoms with Crippen LogP contribution in [0.15, 0.2) is 23.5 Å². The van der Waals surface area contributed by atoms with Gasteiger partial charge in [-0.3, -0.25) is 9.78 Å². The highest BCUT2D eigenvalue weighted by atomic mass is 16.4. The number of hydrogen-bond acceptors (Lipinski definition) is 4. The van der Waals surface area contributed by atoms with Crippen LogP contribution in [0.25, 0.3) is 0 Å². The Balaban J connectivity index is 2.20. The fourth-order valence-corrected chi connectivity index (χ4v) is 2.68. The van der Waals surface area contributed by atoms with Crippen LogP contribution in [0.4, 0.5) is 0 Å². The number of likely N-dealkylation sites (tertiary alicyclic amines) is 1. The molecule has 1 fully saturated rings. The zero-order valence-corrected chi connectivity index (χ0v) is 11.8. The summed E-state index contributed by atoms with van der Waals surface area (Å²) in [4.78, 5) is 18.6. The van der Waals surface area contributed by atoms with Gasteiger partial charge < -0.3 is 15.8 Å². The number of oxime groups is 1. The largest absolute Gasteiger partial charge is 0.409 e. The molecule has 2 unspecified atom stereocenters. The van der Waals surface area contributed by atoms with E-state index in [0.717, 1.165) is 19.3 Å². The zero-order valence-electron chi connectivity index (χ0n) is 11.8. The van der Waals surface area contributed by atoms with Gasteiger partial charge in [-0.25, -0.2) is 0 Å². The van der Waals surface area contributed by atoms with E-state index in [0.29, 0.717) is 11.3 Å². The molecule has 1 aliphatic heterocycles. The number of carbonyl (C=O) groups excluding carboxylic acids is 1. The molecule has 1 saturated heterocycles. The average molecular weight is 276 g/mol. The van der Waals surface area contributed by atoms with Crippen LogP contribution in [-0.2, 0) is 0 Å². The minimum Gasteiger partial charge on any atom is -0.409 e. The smallest absolute Gasteiger partial charge is 0.272 e. The Morgan fingerprint density at radius 2 is 2.05 bits per heavy atom. The molecule has 2 heterocycles. The fraction of sp³-hybridized carbons (Fsp3) is 0.500. The van der Waals surface area contributed by atoms with E-state index in [1.807, 2.05) is 4.90 Å². The molecule has 0 aliphatic carbocycles. The van der Waals surface area contributed by atoms with E-state index in [4.69, 9.17) is 10.9 Å². The van der Waals surface area contributed by atoms with Crippen molar-refractivity contribution < 1.29 is 10.0 Å². The van der Waals surface area contributed by atoms with Gasteiger partial charge in [-0.05, 0) is 45.2 Å². The first-order chi connectivity index (χ1) is 9.54. The molecule has 2 rings (SSSR count). The lowest BCUT2D eigenvalue weighted by Gasteiger charge is -2.38. The predicted molar refractivity (Wildman–Crippen MR) is 75.7 cm³/mol. The van der Waals surface area contributed by atoms with Crippen LogP contribution in [-0.4, -0.2) is 38.9 Å². The van der Waals surface area contributed by atoms with Gasteiger partial charge in [0.2, 0.25) is 0 Å². The highest BCUT2D eigenvalue weighted by Crippen LogP contribution is 2.24. The molecule has 3 N–H and O–H groups in total. The maximum absolute atomic E-state index is 12.5. The number of rotatable bonds is 2. The van der Waals surface area contributed by atoms with Crippen LogP contribution in [0.1, 0.15) is 49.2 Å². The predicted octanol–water partition coefficient (Wildman–Crippen LogP) is 1.58. The van der Waals surface area contributed by atoms with E-state index in [1.54, 1.807) is 12.1 Å². The normalized spacial score (nSPS) is 23.7. The van der Waals surface area contributed by atoms with Crippen molar-refractivity contribution >= 4 is 11.7 Å². The van der Waals surface area contributed by atoms with Crippen molar-refractivity contribution in [2.24, 2.45) is 10.9 Å². The van der Waals surface area contributed by atoms with Gasteiger partial charge in [0.1, 0.15) is 5.69 Å². The van der Waals surface area contributed by atoms with Crippen molar-refractivity contribution in [3.63, 3.8) is 0 Å². The third-order valence-corrected chi connectivity index (χ3v) is 3.81. The lowest BCUT2D eigenvalue weighted by molar-refractivity contribution is 0.0504. The summed E-state index contributed by atoms with van der Waals surface area (Å²) in [5.41, 5.74) is 6.35. The lowest BCUT2D eigenvalue weighted by Crippen LogP contribution is -2.47. The van der Waals surface area contributed by atoms with Crippen molar-refractivity contribution in [2.75, 3.05) is 0 Å². The number of amidine groups is 1. The van der Waals surface area contributed by atoms with E-state index in [2.05, 4.69) is 24.0 Å². The molecule has 6 heteroatoms. The van der Waals surface area contributed by atoms with Crippen molar-refractivity contribution in [1.82, 2.24) is 9.88 Å². The monoisotopic (exact) mass is 276 g/mol. The van der Waals surface area contributed by atoms with Crippen molar-refractivity contribution in [1.29, 1.82) is 0 Å². The van der Waals surface area contributed by atoms with Crippen LogP contribution in [0.3, 0.4) is 0 Å². The van der Waals surface area contributed by atoms with Gasteiger partial charge >= 0.3 is 0 Å². The number of amides is 1. The molecule has 1 amide bonds. The number of carbonyl (C=O) groups is 1. The molecule has 6 nitrogen and oxygen atoms in total. The molecular formula is C14H20N4O2. The molecule has 0 spiro atoms. The van der Waals surface area contributed by atoms with Gasteiger partial charge in [-0.15, -0.1) is 0 Å². The van der Waals surface area contributed by atoms with Crippen LogP contribution >= 0.6 is 0 Å². The second-order valence-corrected chi connectivity index (χ2v) is 5.26. The highest BCUT2D eigenvalue weighted by molar-refractivity contribution is 5.98. The van der Waals surface area contributed by atoms with Crippen LogP contribution in [0, 0.1) is 0 Å². The SMILES string of the molecule is CC1CCCC(C)N1C(=O)c1ccc(C(N)=NO)cn1. The maximum Gasteiger partial charge on any atom is 0.272 e. The molecule has 108 valence electrons. The summed E-state index contributed by atoms with van der Waals surface area (Å²) in [5, 5.41) is 11.5. The van der Waals surface area contributed by atoms with Gasteiger partial charge in [-0.1, -0.05) is 5.16 Å². The van der Waals surface area contributed by atoms with Gasteiger partial charge in [0, 0.05) is 23.8 Å². The van der Waals surface area contributed by atoms with Gasteiger partial charge in [0.25, 0.3) is 5.91 Å². The van der Waals surface area contributed by atoms with Crippen molar-refractivity contribution in [3.8, 4) is 0 Å². The minimum absolute atomic E-state index is 0.0174. The van der Waals surface area contributed by atoms with E-state index >= 15 is 0 Å². The fourth-order valence-electron chi connectivity index (χ4n) is 2.68. The summed E-state index contributed by atoms with van der Waals surface area (Å²) in [6, 6.07) is 3.71. The number of nitrogens with zero attached hydrogens (tertiary/aromatic N) is 3. The number of nitrogens with two attached hydrogens (primary N) is 1. The number of hydrogen-bond donors (Lipinski definition) is 2. The van der Waals surface area contributed by atoms with E-state index in [-0.39, 0.29) is 23.8 Å². The van der Waals surface area contributed by atoms with Crippen molar-refractivity contribution in [2.45, 2.75) is 45.2 Å². The Morgan fingerprint density at radius 3 is 2.55 bits per heavy atom. The molecule has 0 saturated carbocycles. The van der Waals surface area contributed by atoms with E-state index in [9.17, 15) is 4.79 Å². The number of pyridine rings is 1. The van der Waals surface area contributed by atoms with Crippen LogP contribution < -0.4 is 5.73 Å². The molecule has 20 heavy (non-hydrogen) atoms. The standard InChI is InChI=1S/C14H20N4O2/c1-9-4-3-5-10(2)18(9)14(19)12-7-6-11(8-16-12)13(15)17-20/h6-10,20H,3-5H2,1-2H3,(H2,15,17). The summed E-state index contributed by atoms with van der Waals surface area (Å²) in [6.45, 7) is 4.14. The molecule has 1 aromatic rings. The maximum atomic E-state index is 12.5. The second kappa shape index (κ2) is 5.90. The van der Waals surface area contributed by atoms with E-state index in [1.165, 1.54) is 6.20 Å². The molecule has 2 atom stereocenters. The van der Waals surface area contributed by atoms with E-state index < -0.39 is 0 Å². The van der Waals surface area contributed by atoms with Crippen LogP contribution in [0.2, 0.25) is 0 Å². The Hall–Kier alpha value is -2.11. The first-order valence-corrected chi connectivity index (χ1v) is 6.81. The Kier molecular flexibility index (Phi) is 4.22. The third kappa shape index (κ3) is 2.74.